The van der Waals surface area contributed by atoms with Crippen molar-refractivity contribution in [3.05, 3.63) is 59.8 Å². The van der Waals surface area contributed by atoms with Gasteiger partial charge in [-0.3, -0.25) is 4.98 Å². The molecule has 21 heavy (non-hydrogen) atoms. The van der Waals surface area contributed by atoms with E-state index >= 15 is 0 Å². The van der Waals surface area contributed by atoms with Gasteiger partial charge >= 0.3 is 8.60 Å². The van der Waals surface area contributed by atoms with Crippen molar-refractivity contribution >= 4 is 31.1 Å². The molecule has 0 spiro atoms. The van der Waals surface area contributed by atoms with Gasteiger partial charge in [-0.25, -0.2) is 0 Å². The number of rotatable bonds is 2. The van der Waals surface area contributed by atoms with Crippen molar-refractivity contribution in [1.29, 1.82) is 0 Å². The summed E-state index contributed by atoms with van der Waals surface area (Å²) in [6.07, 6.45) is 1.70. The Kier molecular flexibility index (Phi) is 3.06. The summed E-state index contributed by atoms with van der Waals surface area (Å²) < 4.78 is 17.1. The van der Waals surface area contributed by atoms with Gasteiger partial charge in [-0.15, -0.1) is 0 Å². The molecule has 6 heteroatoms. The Labute approximate surface area is 127 Å². The fourth-order valence-corrected chi connectivity index (χ4v) is 3.34. The van der Waals surface area contributed by atoms with E-state index in [0.717, 1.165) is 5.39 Å². The van der Waals surface area contributed by atoms with E-state index in [1.807, 2.05) is 36.4 Å². The maximum Gasteiger partial charge on any atom is 0.530 e. The van der Waals surface area contributed by atoms with Gasteiger partial charge in [-0.05, 0) is 36.4 Å². The molecule has 0 fully saturated rings. The smallest absolute Gasteiger partial charge is 0.406 e. The molecule has 1 aliphatic rings. The first-order valence-corrected chi connectivity index (χ1v) is 7.75. The summed E-state index contributed by atoms with van der Waals surface area (Å²) in [5, 5.41) is 1.47. The van der Waals surface area contributed by atoms with Gasteiger partial charge in [0.15, 0.2) is 17.2 Å². The second-order valence-corrected chi connectivity index (χ2v) is 5.79. The molecule has 0 amide bonds. The molecule has 2 heterocycles. The zero-order valence-electron chi connectivity index (χ0n) is 10.7. The highest BCUT2D eigenvalue weighted by Gasteiger charge is 2.30. The van der Waals surface area contributed by atoms with Crippen molar-refractivity contribution in [1.82, 2.24) is 4.98 Å². The molecule has 0 radical (unpaired) electrons. The molecule has 0 N–H and O–H groups in total. The molecular formula is C15H9ClNO3P. The zero-order valence-corrected chi connectivity index (χ0v) is 12.3. The number of para-hydroxylation sites is 2. The third kappa shape index (κ3) is 2.27. The van der Waals surface area contributed by atoms with Crippen LogP contribution in [0, 0.1) is 0 Å². The van der Waals surface area contributed by atoms with Crippen molar-refractivity contribution in [3.63, 3.8) is 0 Å². The number of fused-ring (bicyclic) bond motifs is 2. The molecule has 2 aromatic carbocycles. The molecule has 0 saturated heterocycles. The van der Waals surface area contributed by atoms with Crippen LogP contribution in [-0.2, 0) is 0 Å². The average molecular weight is 318 g/mol. The highest BCUT2D eigenvalue weighted by Crippen LogP contribution is 2.53. The van der Waals surface area contributed by atoms with Gasteiger partial charge in [0, 0.05) is 11.6 Å². The number of hydrogen-bond donors (Lipinski definition) is 0. The Morgan fingerprint density at radius 3 is 2.48 bits per heavy atom. The summed E-state index contributed by atoms with van der Waals surface area (Å²) >= 11 is 6.17. The minimum atomic E-state index is -1.51. The van der Waals surface area contributed by atoms with Crippen LogP contribution in [0.25, 0.3) is 10.9 Å². The van der Waals surface area contributed by atoms with Crippen LogP contribution in [0.5, 0.6) is 17.2 Å². The maximum absolute atomic E-state index is 6.17. The van der Waals surface area contributed by atoms with Crippen molar-refractivity contribution in [2.45, 2.75) is 0 Å². The first-order valence-electron chi connectivity index (χ1n) is 6.27. The molecule has 0 saturated carbocycles. The summed E-state index contributed by atoms with van der Waals surface area (Å²) in [5.74, 6) is 1.97. The number of nitrogens with zero attached hydrogens (tertiary/aromatic N) is 1. The summed E-state index contributed by atoms with van der Waals surface area (Å²) in [7, 11) is -1.51. The summed E-state index contributed by atoms with van der Waals surface area (Å²) in [4.78, 5) is 4.32. The van der Waals surface area contributed by atoms with Crippen LogP contribution in [0.4, 0.5) is 0 Å². The van der Waals surface area contributed by atoms with Crippen molar-refractivity contribution in [2.75, 3.05) is 0 Å². The van der Waals surface area contributed by atoms with Crippen LogP contribution in [0.3, 0.4) is 0 Å². The average Bonchev–Trinajstić information content (AvgIpc) is 2.93. The van der Waals surface area contributed by atoms with E-state index in [0.29, 0.717) is 27.8 Å². The van der Waals surface area contributed by atoms with Gasteiger partial charge < -0.3 is 13.6 Å². The van der Waals surface area contributed by atoms with Crippen molar-refractivity contribution in [2.24, 2.45) is 0 Å². The molecule has 104 valence electrons. The largest absolute Gasteiger partial charge is 0.530 e. The topological polar surface area (TPSA) is 40.6 Å². The predicted octanol–water partition coefficient (Wildman–Crippen LogP) is 4.97. The molecule has 1 aromatic heterocycles. The lowest BCUT2D eigenvalue weighted by atomic mass is 10.2. The van der Waals surface area contributed by atoms with E-state index in [4.69, 9.17) is 25.2 Å². The van der Waals surface area contributed by atoms with E-state index in [-0.39, 0.29) is 0 Å². The monoisotopic (exact) mass is 317 g/mol. The Balaban J connectivity index is 1.66. The molecule has 0 aliphatic carbocycles. The van der Waals surface area contributed by atoms with Crippen LogP contribution in [-0.4, -0.2) is 4.98 Å². The first-order chi connectivity index (χ1) is 10.3. The highest BCUT2D eigenvalue weighted by molar-refractivity contribution is 7.43. The third-order valence-electron chi connectivity index (χ3n) is 3.05. The lowest BCUT2D eigenvalue weighted by molar-refractivity contribution is 0.437. The summed E-state index contributed by atoms with van der Waals surface area (Å²) in [6, 6.07) is 14.8. The predicted molar refractivity (Wildman–Crippen MR) is 82.0 cm³/mol. The third-order valence-corrected chi connectivity index (χ3v) is 4.41. The molecule has 3 aromatic rings. The lowest BCUT2D eigenvalue weighted by Gasteiger charge is -2.11. The fourth-order valence-electron chi connectivity index (χ4n) is 2.08. The molecule has 0 unspecified atom stereocenters. The first kappa shape index (κ1) is 12.7. The molecule has 4 rings (SSSR count). The minimum Gasteiger partial charge on any atom is -0.406 e. The van der Waals surface area contributed by atoms with Crippen LogP contribution in [0.2, 0.25) is 5.02 Å². The Morgan fingerprint density at radius 2 is 1.71 bits per heavy atom. The van der Waals surface area contributed by atoms with Gasteiger partial charge in [-0.2, -0.15) is 0 Å². The van der Waals surface area contributed by atoms with Crippen LogP contribution in [0.1, 0.15) is 0 Å². The van der Waals surface area contributed by atoms with E-state index in [1.165, 1.54) is 0 Å². The van der Waals surface area contributed by atoms with Crippen LogP contribution < -0.4 is 13.6 Å². The fraction of sp³-hybridized carbons (Fsp3) is 0. The second-order valence-electron chi connectivity index (χ2n) is 4.39. The summed E-state index contributed by atoms with van der Waals surface area (Å²) in [5.41, 5.74) is 0.690. The number of benzene rings is 2. The zero-order chi connectivity index (χ0) is 14.2. The maximum atomic E-state index is 6.17. The van der Waals surface area contributed by atoms with Crippen molar-refractivity contribution in [3.8, 4) is 17.2 Å². The molecule has 1 aliphatic heterocycles. The van der Waals surface area contributed by atoms with Gasteiger partial charge in [-0.1, -0.05) is 23.7 Å². The van der Waals surface area contributed by atoms with E-state index in [2.05, 4.69) is 4.98 Å². The molecule has 0 atom stereocenters. The highest BCUT2D eigenvalue weighted by atomic mass is 35.5. The van der Waals surface area contributed by atoms with Gasteiger partial charge in [0.05, 0.1) is 5.02 Å². The second kappa shape index (κ2) is 5.06. The SMILES string of the molecule is Clc1ccc(OP2Oc3ccccc3O2)c2ncccc12. The Hall–Kier alpha value is -2.03. The molecule has 4 nitrogen and oxygen atoms in total. The summed E-state index contributed by atoms with van der Waals surface area (Å²) in [6.45, 7) is 0. The van der Waals surface area contributed by atoms with E-state index < -0.39 is 8.60 Å². The van der Waals surface area contributed by atoms with Crippen LogP contribution >= 0.6 is 20.2 Å². The molecular weight excluding hydrogens is 309 g/mol. The van der Waals surface area contributed by atoms with E-state index in [1.54, 1.807) is 18.3 Å². The Morgan fingerprint density at radius 1 is 0.952 bits per heavy atom. The van der Waals surface area contributed by atoms with Gasteiger partial charge in [0.25, 0.3) is 0 Å². The van der Waals surface area contributed by atoms with E-state index in [9.17, 15) is 0 Å². The number of hydrogen-bond acceptors (Lipinski definition) is 4. The normalized spacial score (nSPS) is 13.6. The number of aromatic nitrogens is 1. The quantitative estimate of drug-likeness (QED) is 0.626. The lowest BCUT2D eigenvalue weighted by Crippen LogP contribution is -1.96. The Bertz CT molecular complexity index is 802. The number of pyridine rings is 1. The standard InChI is InChI=1S/C15H9ClNO3P/c16-11-7-8-14(15-10(11)4-3-9-17-15)20-21-18-12-5-1-2-6-13(12)19-21/h1-9H. The van der Waals surface area contributed by atoms with Crippen molar-refractivity contribution < 1.29 is 13.6 Å². The van der Waals surface area contributed by atoms with Crippen LogP contribution in [0.15, 0.2) is 54.7 Å². The number of halogens is 1. The minimum absolute atomic E-state index is 0.592. The van der Waals surface area contributed by atoms with Gasteiger partial charge in [0.1, 0.15) is 5.52 Å². The molecule has 0 bridgehead atoms. The van der Waals surface area contributed by atoms with Gasteiger partial charge in [0.2, 0.25) is 0 Å².